The molecule has 0 spiro atoms. The van der Waals surface area contributed by atoms with Crippen LogP contribution in [0.15, 0.2) is 43.1 Å². The standard InChI is InChI=1S/C15H16N2O2/c1-4-19-11(3)15(10(2)18)12-5-6-14-13(7-12)8-16-9-17-14/h5-9,15H,3-4H2,1-2H3. The topological polar surface area (TPSA) is 52.1 Å². The van der Waals surface area contributed by atoms with E-state index in [0.717, 1.165) is 16.5 Å². The van der Waals surface area contributed by atoms with Gasteiger partial charge in [-0.1, -0.05) is 12.6 Å². The smallest absolute Gasteiger partial charge is 0.144 e. The Morgan fingerprint density at radius 2 is 2.26 bits per heavy atom. The Morgan fingerprint density at radius 3 is 2.95 bits per heavy atom. The molecular weight excluding hydrogens is 240 g/mol. The predicted molar refractivity (Wildman–Crippen MR) is 73.7 cm³/mol. The van der Waals surface area contributed by atoms with Crippen LogP contribution in [0.25, 0.3) is 10.9 Å². The van der Waals surface area contributed by atoms with Crippen molar-refractivity contribution >= 4 is 16.7 Å². The Labute approximate surface area is 112 Å². The number of benzene rings is 1. The van der Waals surface area contributed by atoms with Crippen LogP contribution in [-0.2, 0) is 9.53 Å². The van der Waals surface area contributed by atoms with Gasteiger partial charge in [0.1, 0.15) is 17.9 Å². The van der Waals surface area contributed by atoms with Gasteiger partial charge in [-0.25, -0.2) is 9.97 Å². The number of carbonyl (C=O) groups excluding carboxylic acids is 1. The molecule has 0 amide bonds. The zero-order valence-electron chi connectivity index (χ0n) is 11.1. The van der Waals surface area contributed by atoms with Gasteiger partial charge < -0.3 is 4.74 Å². The van der Waals surface area contributed by atoms with Crippen LogP contribution in [0, 0.1) is 0 Å². The lowest BCUT2D eigenvalue weighted by molar-refractivity contribution is -0.118. The third kappa shape index (κ3) is 2.78. The summed E-state index contributed by atoms with van der Waals surface area (Å²) in [5, 5.41) is 0.899. The van der Waals surface area contributed by atoms with Crippen LogP contribution in [0.5, 0.6) is 0 Å². The largest absolute Gasteiger partial charge is 0.498 e. The average Bonchev–Trinajstić information content (AvgIpc) is 2.38. The van der Waals surface area contributed by atoms with Crippen LogP contribution in [0.3, 0.4) is 0 Å². The predicted octanol–water partition coefficient (Wildman–Crippen LogP) is 2.85. The molecule has 0 aliphatic carbocycles. The Morgan fingerprint density at radius 1 is 1.47 bits per heavy atom. The lowest BCUT2D eigenvalue weighted by Crippen LogP contribution is -2.13. The molecule has 1 unspecified atom stereocenters. The van der Waals surface area contributed by atoms with E-state index in [9.17, 15) is 4.79 Å². The first kappa shape index (κ1) is 13.2. The van der Waals surface area contributed by atoms with E-state index in [1.165, 1.54) is 6.33 Å². The van der Waals surface area contributed by atoms with Crippen molar-refractivity contribution in [3.05, 3.63) is 48.6 Å². The van der Waals surface area contributed by atoms with E-state index in [0.29, 0.717) is 12.4 Å². The van der Waals surface area contributed by atoms with Crippen LogP contribution in [-0.4, -0.2) is 22.4 Å². The number of nitrogens with zero attached hydrogens (tertiary/aromatic N) is 2. The summed E-state index contributed by atoms with van der Waals surface area (Å²) in [7, 11) is 0. The molecule has 0 aliphatic heterocycles. The third-order valence-electron chi connectivity index (χ3n) is 2.92. The molecule has 19 heavy (non-hydrogen) atoms. The molecule has 1 atom stereocenters. The molecule has 4 nitrogen and oxygen atoms in total. The van der Waals surface area contributed by atoms with Gasteiger partial charge in [0.2, 0.25) is 0 Å². The van der Waals surface area contributed by atoms with Crippen LogP contribution in [0.1, 0.15) is 25.3 Å². The number of Topliss-reactive ketones (excluding diaryl/α,β-unsaturated/α-hetero) is 1. The van der Waals surface area contributed by atoms with E-state index in [4.69, 9.17) is 4.74 Å². The summed E-state index contributed by atoms with van der Waals surface area (Å²) in [5.74, 6) is 0.0467. The minimum Gasteiger partial charge on any atom is -0.498 e. The van der Waals surface area contributed by atoms with Crippen molar-refractivity contribution in [3.8, 4) is 0 Å². The molecule has 0 N–H and O–H groups in total. The van der Waals surface area contributed by atoms with E-state index >= 15 is 0 Å². The summed E-state index contributed by atoms with van der Waals surface area (Å²) in [6.45, 7) is 7.76. The molecule has 2 aromatic rings. The fourth-order valence-electron chi connectivity index (χ4n) is 2.10. The lowest BCUT2D eigenvalue weighted by atomic mass is 9.93. The highest BCUT2D eigenvalue weighted by Crippen LogP contribution is 2.27. The fraction of sp³-hybridized carbons (Fsp3) is 0.267. The van der Waals surface area contributed by atoms with Crippen molar-refractivity contribution in [1.82, 2.24) is 9.97 Å². The number of rotatable bonds is 5. The Balaban J connectivity index is 2.44. The summed E-state index contributed by atoms with van der Waals surface area (Å²) < 4.78 is 5.39. The molecular formula is C15H16N2O2. The number of ketones is 1. The molecule has 0 saturated heterocycles. The first-order valence-electron chi connectivity index (χ1n) is 6.15. The molecule has 1 aromatic carbocycles. The van der Waals surface area contributed by atoms with Crippen molar-refractivity contribution in [1.29, 1.82) is 0 Å². The number of hydrogen-bond acceptors (Lipinski definition) is 4. The zero-order chi connectivity index (χ0) is 13.8. The average molecular weight is 256 g/mol. The molecule has 0 bridgehead atoms. The number of allylic oxidation sites excluding steroid dienone is 1. The number of aromatic nitrogens is 2. The van der Waals surface area contributed by atoms with Crippen LogP contribution in [0.2, 0.25) is 0 Å². The van der Waals surface area contributed by atoms with Crippen molar-refractivity contribution in [2.45, 2.75) is 19.8 Å². The van der Waals surface area contributed by atoms with Crippen LogP contribution < -0.4 is 0 Å². The van der Waals surface area contributed by atoms with Gasteiger partial charge in [-0.15, -0.1) is 0 Å². The second-order valence-electron chi connectivity index (χ2n) is 4.28. The van der Waals surface area contributed by atoms with E-state index in [-0.39, 0.29) is 5.78 Å². The second-order valence-corrected chi connectivity index (χ2v) is 4.28. The first-order chi connectivity index (χ1) is 9.13. The molecule has 0 fully saturated rings. The highest BCUT2D eigenvalue weighted by molar-refractivity contribution is 5.88. The SMILES string of the molecule is C=C(OCC)C(C(C)=O)c1ccc2ncncc2c1. The monoisotopic (exact) mass is 256 g/mol. The van der Waals surface area contributed by atoms with E-state index in [1.807, 2.05) is 25.1 Å². The van der Waals surface area contributed by atoms with Gasteiger partial charge in [0.25, 0.3) is 0 Å². The summed E-state index contributed by atoms with van der Waals surface area (Å²) in [6, 6.07) is 5.67. The van der Waals surface area contributed by atoms with Crippen molar-refractivity contribution < 1.29 is 9.53 Å². The third-order valence-corrected chi connectivity index (χ3v) is 2.92. The molecule has 2 rings (SSSR count). The van der Waals surface area contributed by atoms with Crippen molar-refractivity contribution in [2.24, 2.45) is 0 Å². The minimum atomic E-state index is -0.440. The van der Waals surface area contributed by atoms with E-state index < -0.39 is 5.92 Å². The molecule has 4 heteroatoms. The van der Waals surface area contributed by atoms with Gasteiger partial charge in [0.15, 0.2) is 0 Å². The van der Waals surface area contributed by atoms with E-state index in [2.05, 4.69) is 16.5 Å². The van der Waals surface area contributed by atoms with Crippen LogP contribution >= 0.6 is 0 Å². The Bertz CT molecular complexity index is 622. The highest BCUT2D eigenvalue weighted by Gasteiger charge is 2.21. The maximum absolute atomic E-state index is 11.8. The summed E-state index contributed by atoms with van der Waals surface area (Å²) >= 11 is 0. The van der Waals surface area contributed by atoms with Gasteiger partial charge in [0.05, 0.1) is 18.0 Å². The molecule has 1 aromatic heterocycles. The molecule has 0 aliphatic rings. The summed E-state index contributed by atoms with van der Waals surface area (Å²) in [6.07, 6.45) is 3.23. The number of hydrogen-bond donors (Lipinski definition) is 0. The summed E-state index contributed by atoms with van der Waals surface area (Å²) in [5.41, 5.74) is 1.70. The van der Waals surface area contributed by atoms with Gasteiger partial charge >= 0.3 is 0 Å². The molecule has 1 heterocycles. The fourth-order valence-corrected chi connectivity index (χ4v) is 2.10. The Hall–Kier alpha value is -2.23. The number of carbonyl (C=O) groups is 1. The minimum absolute atomic E-state index is 0.00893. The molecule has 0 radical (unpaired) electrons. The first-order valence-corrected chi connectivity index (χ1v) is 6.15. The molecule has 98 valence electrons. The maximum atomic E-state index is 11.8. The van der Waals surface area contributed by atoms with Gasteiger partial charge in [-0.05, 0) is 31.5 Å². The highest BCUT2D eigenvalue weighted by atomic mass is 16.5. The number of fused-ring (bicyclic) bond motifs is 1. The normalized spacial score (nSPS) is 12.1. The van der Waals surface area contributed by atoms with Gasteiger partial charge in [-0.3, -0.25) is 4.79 Å². The summed E-state index contributed by atoms with van der Waals surface area (Å²) in [4.78, 5) is 20.0. The van der Waals surface area contributed by atoms with E-state index in [1.54, 1.807) is 13.1 Å². The Kier molecular flexibility index (Phi) is 3.90. The second kappa shape index (κ2) is 5.61. The van der Waals surface area contributed by atoms with Crippen molar-refractivity contribution in [3.63, 3.8) is 0 Å². The lowest BCUT2D eigenvalue weighted by Gasteiger charge is -2.17. The molecule has 0 saturated carbocycles. The maximum Gasteiger partial charge on any atom is 0.144 e. The number of ether oxygens (including phenoxy) is 1. The zero-order valence-corrected chi connectivity index (χ0v) is 11.1. The van der Waals surface area contributed by atoms with Gasteiger partial charge in [0, 0.05) is 11.6 Å². The quantitative estimate of drug-likeness (QED) is 0.772. The van der Waals surface area contributed by atoms with Gasteiger partial charge in [-0.2, -0.15) is 0 Å². The van der Waals surface area contributed by atoms with Crippen molar-refractivity contribution in [2.75, 3.05) is 6.61 Å². The van der Waals surface area contributed by atoms with Crippen LogP contribution in [0.4, 0.5) is 0 Å².